The largest absolute Gasteiger partial charge is 0.385 e. The number of imidazole rings is 2. The number of amides is 4. The summed E-state index contributed by atoms with van der Waals surface area (Å²) in [4.78, 5) is 66.6. The number of carbonyl (C=O) groups excluding carboxylic acids is 4. The normalized spacial score (nSPS) is 15.9. The monoisotopic (exact) mass is 844 g/mol. The molecular weight excluding hydrogens is 793 g/mol. The Kier molecular flexibility index (Phi) is 11.3. The van der Waals surface area contributed by atoms with E-state index >= 15 is 0 Å². The quantitative estimate of drug-likeness (QED) is 0.0779. The zero-order chi connectivity index (χ0) is 44.0. The van der Waals surface area contributed by atoms with Crippen LogP contribution in [0.25, 0.3) is 22.1 Å². The number of nitrogens with zero attached hydrogens (tertiary/aromatic N) is 10. The van der Waals surface area contributed by atoms with Gasteiger partial charge in [0.25, 0.3) is 11.8 Å². The van der Waals surface area contributed by atoms with Gasteiger partial charge in [-0.1, -0.05) is 12.2 Å². The molecule has 19 heteroatoms. The number of primary amides is 2. The van der Waals surface area contributed by atoms with Crippen LogP contribution in [-0.2, 0) is 17.8 Å². The van der Waals surface area contributed by atoms with Gasteiger partial charge in [-0.2, -0.15) is 10.2 Å². The van der Waals surface area contributed by atoms with Crippen LogP contribution in [-0.4, -0.2) is 103 Å². The number of nitrogens with two attached hydrogens (primary N) is 2. The van der Waals surface area contributed by atoms with Crippen LogP contribution in [0.5, 0.6) is 0 Å². The molecule has 2 aliphatic rings. The Morgan fingerprint density at radius 2 is 1.23 bits per heavy atom. The highest BCUT2D eigenvalue weighted by Crippen LogP contribution is 2.42. The van der Waals surface area contributed by atoms with E-state index in [0.717, 1.165) is 40.2 Å². The standard InChI is InChI=1S/C43H52N14O5/c1-7-54-34(16-24(3)50-54)40(60)48-42-46-30-18-26(38(44)58)20-32-36(30)56(42)28(22-52(32)5)12-9-10-13-29-23-53(14-11-15-62-6)33-21-27(39(45)59)19-31-37(33)57(29)43(47-31)49-41(61)35-17-25(4)51-55(35)8-2/h9-10,16-21,28-29H,7-8,11-15,22-23H2,1-6H3,(H2,44,58)(H2,45,59)(H,46,48,60)(H,47,49,61)/b10-9-/t28-,29-/m0/s1. The van der Waals surface area contributed by atoms with Crippen molar-refractivity contribution < 1.29 is 23.9 Å². The van der Waals surface area contributed by atoms with Gasteiger partial charge in [0, 0.05) is 64.6 Å². The molecule has 2 aromatic carbocycles. The van der Waals surface area contributed by atoms with E-state index in [-0.39, 0.29) is 23.9 Å². The first-order valence-corrected chi connectivity index (χ1v) is 20.8. The summed E-state index contributed by atoms with van der Waals surface area (Å²) in [7, 11) is 3.63. The van der Waals surface area contributed by atoms with Crippen LogP contribution >= 0.6 is 0 Å². The summed E-state index contributed by atoms with van der Waals surface area (Å²) in [5.41, 5.74) is 18.7. The molecule has 4 amide bonds. The lowest BCUT2D eigenvalue weighted by Crippen LogP contribution is -2.37. The van der Waals surface area contributed by atoms with Crippen LogP contribution in [0.2, 0.25) is 0 Å². The number of allylic oxidation sites excluding steroid dienone is 2. The minimum absolute atomic E-state index is 0.159. The van der Waals surface area contributed by atoms with E-state index in [1.165, 1.54) is 0 Å². The lowest BCUT2D eigenvalue weighted by atomic mass is 10.0. The second-order valence-electron chi connectivity index (χ2n) is 15.9. The first-order valence-electron chi connectivity index (χ1n) is 20.8. The van der Waals surface area contributed by atoms with Crippen LogP contribution in [0, 0.1) is 13.8 Å². The van der Waals surface area contributed by atoms with Gasteiger partial charge in [0.2, 0.25) is 23.7 Å². The third-order valence-corrected chi connectivity index (χ3v) is 11.6. The molecule has 2 atom stereocenters. The van der Waals surface area contributed by atoms with Gasteiger partial charge >= 0.3 is 0 Å². The van der Waals surface area contributed by atoms with Crippen molar-refractivity contribution in [3.63, 3.8) is 0 Å². The van der Waals surface area contributed by atoms with Crippen LogP contribution in [0.4, 0.5) is 23.3 Å². The van der Waals surface area contributed by atoms with Crippen LogP contribution in [0.3, 0.4) is 0 Å². The third-order valence-electron chi connectivity index (χ3n) is 11.6. The van der Waals surface area contributed by atoms with Gasteiger partial charge in [-0.3, -0.25) is 39.2 Å². The van der Waals surface area contributed by atoms with E-state index in [1.807, 2.05) is 39.3 Å². The predicted molar refractivity (Wildman–Crippen MR) is 236 cm³/mol. The third kappa shape index (κ3) is 7.63. The fourth-order valence-electron chi connectivity index (χ4n) is 8.80. The zero-order valence-corrected chi connectivity index (χ0v) is 35.8. The molecule has 6 heterocycles. The van der Waals surface area contributed by atoms with Crippen molar-refractivity contribution in [2.45, 2.75) is 72.1 Å². The first kappa shape index (κ1) is 41.7. The first-order chi connectivity index (χ1) is 29.8. The van der Waals surface area contributed by atoms with Crippen molar-refractivity contribution in [1.29, 1.82) is 0 Å². The second-order valence-corrected chi connectivity index (χ2v) is 15.9. The average Bonchev–Trinajstić information content (AvgIpc) is 4.02. The Labute approximate surface area is 357 Å². The van der Waals surface area contributed by atoms with Crippen molar-refractivity contribution in [2.75, 3.05) is 60.8 Å². The van der Waals surface area contributed by atoms with E-state index in [9.17, 15) is 19.2 Å². The van der Waals surface area contributed by atoms with Crippen molar-refractivity contribution in [3.8, 4) is 0 Å². The molecule has 0 saturated heterocycles. The summed E-state index contributed by atoms with van der Waals surface area (Å²) in [6.45, 7) is 10.9. The van der Waals surface area contributed by atoms with E-state index in [2.05, 4.69) is 47.3 Å². The number of methoxy groups -OCH3 is 1. The van der Waals surface area contributed by atoms with E-state index < -0.39 is 11.8 Å². The summed E-state index contributed by atoms with van der Waals surface area (Å²) in [5, 5.41) is 15.0. The van der Waals surface area contributed by atoms with Gasteiger partial charge in [0.15, 0.2) is 0 Å². The molecule has 324 valence electrons. The number of aromatic nitrogens is 8. The van der Waals surface area contributed by atoms with Gasteiger partial charge in [-0.25, -0.2) is 9.97 Å². The highest BCUT2D eigenvalue weighted by molar-refractivity contribution is 6.07. The number of hydrogen-bond donors (Lipinski definition) is 4. The molecule has 8 rings (SSSR count). The Morgan fingerprint density at radius 1 is 0.742 bits per heavy atom. The number of ether oxygens (including phenoxy) is 1. The molecule has 0 bridgehead atoms. The maximum atomic E-state index is 13.8. The van der Waals surface area contributed by atoms with Gasteiger partial charge in [0.05, 0.1) is 56.9 Å². The molecule has 62 heavy (non-hydrogen) atoms. The number of nitrogens with one attached hydrogen (secondary N) is 2. The van der Waals surface area contributed by atoms with Gasteiger partial charge in [-0.15, -0.1) is 0 Å². The summed E-state index contributed by atoms with van der Waals surface area (Å²) < 4.78 is 12.8. The number of carbonyl (C=O) groups is 4. The molecule has 0 saturated carbocycles. The minimum Gasteiger partial charge on any atom is -0.385 e. The van der Waals surface area contributed by atoms with Crippen molar-refractivity contribution in [1.82, 2.24) is 38.7 Å². The molecule has 0 radical (unpaired) electrons. The molecular formula is C43H52N14O5. The maximum Gasteiger partial charge on any atom is 0.276 e. The number of likely N-dealkylation sites (N-methyl/N-ethyl adjacent to an activating group) is 1. The van der Waals surface area contributed by atoms with Crippen LogP contribution < -0.4 is 31.9 Å². The van der Waals surface area contributed by atoms with E-state index in [4.69, 9.17) is 26.2 Å². The van der Waals surface area contributed by atoms with Gasteiger partial charge < -0.3 is 35.1 Å². The van der Waals surface area contributed by atoms with E-state index in [1.54, 1.807) is 52.9 Å². The maximum absolute atomic E-state index is 13.8. The molecule has 0 fully saturated rings. The Hall–Kier alpha value is -7.02. The summed E-state index contributed by atoms with van der Waals surface area (Å²) in [6.07, 6.45) is 6.16. The smallest absolute Gasteiger partial charge is 0.276 e. The van der Waals surface area contributed by atoms with Gasteiger partial charge in [0.1, 0.15) is 11.4 Å². The predicted octanol–water partition coefficient (Wildman–Crippen LogP) is 4.56. The molecule has 6 aromatic rings. The Balaban J connectivity index is 1.14. The summed E-state index contributed by atoms with van der Waals surface area (Å²) >= 11 is 0. The second kappa shape index (κ2) is 16.8. The number of benzene rings is 2. The molecule has 0 aliphatic carbocycles. The molecule has 19 nitrogen and oxygen atoms in total. The molecule has 4 aromatic heterocycles. The molecule has 2 aliphatic heterocycles. The van der Waals surface area contributed by atoms with Gasteiger partial charge in [-0.05, 0) is 83.4 Å². The number of aryl methyl sites for hydroxylation is 4. The molecule has 6 N–H and O–H groups in total. The molecule has 0 unspecified atom stereocenters. The number of rotatable bonds is 16. The average molecular weight is 845 g/mol. The number of anilines is 4. The van der Waals surface area contributed by atoms with Crippen LogP contribution in [0.1, 0.15) is 98.3 Å². The van der Waals surface area contributed by atoms with Crippen molar-refractivity contribution >= 4 is 69.0 Å². The summed E-state index contributed by atoms with van der Waals surface area (Å²) in [6, 6.07) is 10.0. The minimum atomic E-state index is -0.572. The number of hydrogen-bond acceptors (Lipinski definition) is 11. The zero-order valence-electron chi connectivity index (χ0n) is 35.8. The lowest BCUT2D eigenvalue weighted by Gasteiger charge is -2.36. The highest BCUT2D eigenvalue weighted by atomic mass is 16.5. The SMILES string of the molecule is CCn1nc(C)cc1C(=O)Nc1nc2cc(C(N)=O)cc3c2n1[C@@H](C/C=C\C[C@H]1CN(CCCOC)c2cc(C(N)=O)cc4nc(NC(=O)c5cc(C)nn5CC)n1c24)CN3C. The van der Waals surface area contributed by atoms with Crippen molar-refractivity contribution in [2.24, 2.45) is 11.5 Å². The van der Waals surface area contributed by atoms with E-state index in [0.29, 0.717) is 97.6 Å². The topological polar surface area (TPSA) is 231 Å². The van der Waals surface area contributed by atoms with Crippen molar-refractivity contribution in [3.05, 3.63) is 82.5 Å². The molecule has 0 spiro atoms. The Morgan fingerprint density at radius 3 is 1.71 bits per heavy atom. The highest BCUT2D eigenvalue weighted by Gasteiger charge is 2.33. The van der Waals surface area contributed by atoms with Crippen LogP contribution in [0.15, 0.2) is 48.6 Å². The summed E-state index contributed by atoms with van der Waals surface area (Å²) in [5.74, 6) is -1.12. The fourth-order valence-corrected chi connectivity index (χ4v) is 8.80. The Bertz CT molecular complexity index is 2770. The lowest BCUT2D eigenvalue weighted by molar-refractivity contribution is 0.0992. The fraction of sp³-hybridized carbons (Fsp3) is 0.395.